The van der Waals surface area contributed by atoms with Gasteiger partial charge in [-0.1, -0.05) is 53.2 Å². The second-order valence-corrected chi connectivity index (χ2v) is 11.0. The fourth-order valence-corrected chi connectivity index (χ4v) is 6.26. The van der Waals surface area contributed by atoms with E-state index in [9.17, 15) is 9.59 Å². The number of nitrogens with one attached hydrogen (secondary N) is 1. The van der Waals surface area contributed by atoms with Gasteiger partial charge in [-0.25, -0.2) is 14.8 Å². The van der Waals surface area contributed by atoms with Crippen molar-refractivity contribution < 1.29 is 14.3 Å². The van der Waals surface area contributed by atoms with Crippen LogP contribution in [0.4, 0.5) is 5.00 Å². The van der Waals surface area contributed by atoms with Crippen molar-refractivity contribution in [1.82, 2.24) is 9.97 Å². The minimum absolute atomic E-state index is 0.145. The zero-order chi connectivity index (χ0) is 24.1. The van der Waals surface area contributed by atoms with Gasteiger partial charge in [0, 0.05) is 21.1 Å². The van der Waals surface area contributed by atoms with E-state index in [0.29, 0.717) is 28.2 Å². The Balaban J connectivity index is 1.46. The van der Waals surface area contributed by atoms with Crippen molar-refractivity contribution in [3.05, 3.63) is 57.0 Å². The lowest BCUT2D eigenvalue weighted by Gasteiger charge is -2.20. The predicted octanol–water partition coefficient (Wildman–Crippen LogP) is 6.39. The molecule has 0 saturated carbocycles. The van der Waals surface area contributed by atoms with Crippen molar-refractivity contribution in [1.29, 1.82) is 0 Å². The van der Waals surface area contributed by atoms with E-state index in [1.807, 2.05) is 30.3 Å². The smallest absolute Gasteiger partial charge is 0.341 e. The molecule has 1 aromatic carbocycles. The molecule has 6 nitrogen and oxygen atoms in total. The molecule has 2 heterocycles. The second-order valence-electron chi connectivity index (χ2n) is 8.01. The Morgan fingerprint density at radius 3 is 2.76 bits per heavy atom. The van der Waals surface area contributed by atoms with Crippen LogP contribution in [0.15, 0.2) is 46.2 Å². The van der Waals surface area contributed by atoms with E-state index in [1.165, 1.54) is 28.0 Å². The minimum Gasteiger partial charge on any atom is -0.462 e. The van der Waals surface area contributed by atoms with Gasteiger partial charge in [0.05, 0.1) is 23.6 Å². The maximum atomic E-state index is 12.8. The van der Waals surface area contributed by atoms with Crippen LogP contribution in [0.5, 0.6) is 0 Å². The third-order valence-corrected chi connectivity index (χ3v) is 8.34. The molecule has 0 aliphatic heterocycles. The summed E-state index contributed by atoms with van der Waals surface area (Å²) in [4.78, 5) is 35.6. The Labute approximate surface area is 216 Å². The first-order chi connectivity index (χ1) is 16.5. The van der Waals surface area contributed by atoms with Gasteiger partial charge in [0.1, 0.15) is 5.00 Å². The molecule has 1 N–H and O–H groups in total. The van der Waals surface area contributed by atoms with E-state index < -0.39 is 0 Å². The summed E-state index contributed by atoms with van der Waals surface area (Å²) >= 11 is 6.22. The lowest BCUT2D eigenvalue weighted by molar-refractivity contribution is -0.113. The Bertz CT molecular complexity index is 1180. The molecule has 0 radical (unpaired) electrons. The number of halogens is 1. The number of esters is 1. The topological polar surface area (TPSA) is 81.2 Å². The number of rotatable bonds is 8. The highest BCUT2D eigenvalue weighted by atomic mass is 79.9. The average Bonchev–Trinajstić information content (AvgIpc) is 3.20. The minimum atomic E-state index is -0.358. The van der Waals surface area contributed by atoms with Crippen molar-refractivity contribution in [2.45, 2.75) is 44.7 Å². The summed E-state index contributed by atoms with van der Waals surface area (Å²) < 4.78 is 6.31. The van der Waals surface area contributed by atoms with E-state index >= 15 is 0 Å². The van der Waals surface area contributed by atoms with Crippen molar-refractivity contribution >= 4 is 55.9 Å². The largest absolute Gasteiger partial charge is 0.462 e. The molecule has 3 aromatic rings. The Morgan fingerprint density at radius 1 is 1.24 bits per heavy atom. The highest BCUT2D eigenvalue weighted by Gasteiger charge is 2.29. The summed E-state index contributed by atoms with van der Waals surface area (Å²) in [6.45, 7) is 4.29. The molecule has 1 aliphatic rings. The van der Waals surface area contributed by atoms with Gasteiger partial charge in [-0.05, 0) is 55.9 Å². The molecule has 0 unspecified atom stereocenters. The highest BCUT2D eigenvalue weighted by molar-refractivity contribution is 9.10. The van der Waals surface area contributed by atoms with Crippen LogP contribution in [0.25, 0.3) is 11.3 Å². The summed E-state index contributed by atoms with van der Waals surface area (Å²) in [5.74, 6) is 0.212. The van der Waals surface area contributed by atoms with Gasteiger partial charge in [0.15, 0.2) is 5.16 Å². The summed E-state index contributed by atoms with van der Waals surface area (Å²) in [6.07, 6.45) is 5.66. The first-order valence-corrected chi connectivity index (χ1v) is 13.9. The number of amides is 1. The molecule has 178 valence electrons. The van der Waals surface area contributed by atoms with E-state index in [0.717, 1.165) is 47.0 Å². The normalized spacial score (nSPS) is 15.0. The Hall–Kier alpha value is -2.23. The SMILES string of the molecule is CCOC(=O)c1c(NC(=O)CSc2nccc(-c3ccc(Br)cc3)n2)sc2c1CC[C@H](CC)C2. The number of benzene rings is 1. The molecule has 1 amide bonds. The molecular weight excluding hydrogens is 534 g/mol. The third kappa shape index (κ3) is 5.87. The summed E-state index contributed by atoms with van der Waals surface area (Å²) in [7, 11) is 0. The number of hydrogen-bond donors (Lipinski definition) is 1. The van der Waals surface area contributed by atoms with Gasteiger partial charge in [-0.3, -0.25) is 4.79 Å². The van der Waals surface area contributed by atoms with Gasteiger partial charge in [-0.2, -0.15) is 0 Å². The second kappa shape index (κ2) is 11.5. The van der Waals surface area contributed by atoms with Gasteiger partial charge in [0.2, 0.25) is 5.91 Å². The molecule has 0 bridgehead atoms. The number of anilines is 1. The number of carbonyl (C=O) groups is 2. The van der Waals surface area contributed by atoms with E-state index in [4.69, 9.17) is 4.74 Å². The maximum absolute atomic E-state index is 12.8. The van der Waals surface area contributed by atoms with Gasteiger partial charge in [-0.15, -0.1) is 11.3 Å². The average molecular weight is 561 g/mol. The van der Waals surface area contributed by atoms with E-state index in [2.05, 4.69) is 38.1 Å². The number of thioether (sulfide) groups is 1. The van der Waals surface area contributed by atoms with Crippen molar-refractivity contribution in [2.24, 2.45) is 5.92 Å². The molecular formula is C25H26BrN3O3S2. The number of hydrogen-bond acceptors (Lipinski definition) is 7. The van der Waals surface area contributed by atoms with Crippen LogP contribution in [-0.2, 0) is 22.4 Å². The zero-order valence-corrected chi connectivity index (χ0v) is 22.3. The molecule has 1 aliphatic carbocycles. The van der Waals surface area contributed by atoms with Crippen molar-refractivity contribution in [3.63, 3.8) is 0 Å². The lowest BCUT2D eigenvalue weighted by Crippen LogP contribution is -2.18. The number of thiophene rings is 1. The quantitative estimate of drug-likeness (QED) is 0.195. The van der Waals surface area contributed by atoms with E-state index in [1.54, 1.807) is 13.1 Å². The highest BCUT2D eigenvalue weighted by Crippen LogP contribution is 2.41. The molecule has 0 saturated heterocycles. The molecule has 2 aromatic heterocycles. The molecule has 34 heavy (non-hydrogen) atoms. The van der Waals surface area contributed by atoms with Crippen LogP contribution in [0.2, 0.25) is 0 Å². The first-order valence-electron chi connectivity index (χ1n) is 11.3. The van der Waals surface area contributed by atoms with Crippen LogP contribution >= 0.6 is 39.0 Å². The van der Waals surface area contributed by atoms with Gasteiger partial charge < -0.3 is 10.1 Å². The number of nitrogens with zero attached hydrogens (tertiary/aromatic N) is 2. The van der Waals surface area contributed by atoms with Crippen LogP contribution in [-0.4, -0.2) is 34.2 Å². The van der Waals surface area contributed by atoms with Crippen molar-refractivity contribution in [2.75, 3.05) is 17.7 Å². The van der Waals surface area contributed by atoms with Crippen LogP contribution in [0.1, 0.15) is 47.5 Å². The fraction of sp³-hybridized carbons (Fsp3) is 0.360. The lowest BCUT2D eigenvalue weighted by atomic mass is 9.85. The molecule has 9 heteroatoms. The van der Waals surface area contributed by atoms with Gasteiger partial charge >= 0.3 is 5.97 Å². The van der Waals surface area contributed by atoms with E-state index in [-0.39, 0.29) is 17.6 Å². The van der Waals surface area contributed by atoms with Crippen LogP contribution in [0.3, 0.4) is 0 Å². The third-order valence-electron chi connectivity index (χ3n) is 5.78. The number of ether oxygens (including phenoxy) is 1. The van der Waals surface area contributed by atoms with Crippen molar-refractivity contribution in [3.8, 4) is 11.3 Å². The van der Waals surface area contributed by atoms with Crippen LogP contribution < -0.4 is 5.32 Å². The maximum Gasteiger partial charge on any atom is 0.341 e. The number of fused-ring (bicyclic) bond motifs is 1. The molecule has 4 rings (SSSR count). The van der Waals surface area contributed by atoms with Crippen LogP contribution in [0, 0.1) is 5.92 Å². The summed E-state index contributed by atoms with van der Waals surface area (Å²) in [5, 5.41) is 4.08. The van der Waals surface area contributed by atoms with Gasteiger partial charge in [0.25, 0.3) is 0 Å². The number of aromatic nitrogens is 2. The standard InChI is InChI=1S/C25H26BrN3O3S2/c1-3-15-5-10-18-20(13-15)34-23(22(18)24(31)32-4-2)29-21(30)14-33-25-27-12-11-19(28-25)16-6-8-17(26)9-7-16/h6-9,11-12,15H,3-5,10,13-14H2,1-2H3,(H,29,30)/t15-/m0/s1. The Kier molecular flexibility index (Phi) is 8.39. The summed E-state index contributed by atoms with van der Waals surface area (Å²) in [5.41, 5.74) is 3.35. The summed E-state index contributed by atoms with van der Waals surface area (Å²) in [6, 6.07) is 9.72. The predicted molar refractivity (Wildman–Crippen MR) is 141 cm³/mol. The first kappa shape index (κ1) is 24.9. The molecule has 1 atom stereocenters. The monoisotopic (exact) mass is 559 g/mol. The Morgan fingerprint density at radius 2 is 2.03 bits per heavy atom. The molecule has 0 fully saturated rings. The molecule has 0 spiro atoms. The number of carbonyl (C=O) groups excluding carboxylic acids is 2. The fourth-order valence-electron chi connectivity index (χ4n) is 3.99. The zero-order valence-electron chi connectivity index (χ0n) is 19.1.